The Kier molecular flexibility index (Phi) is 4.25. The number of rotatable bonds is 3. The zero-order valence-electron chi connectivity index (χ0n) is 12.3. The Bertz CT molecular complexity index is 755. The minimum absolute atomic E-state index is 0.165. The first kappa shape index (κ1) is 15.5. The van der Waals surface area contributed by atoms with E-state index in [9.17, 15) is 8.42 Å². The predicted octanol–water partition coefficient (Wildman–Crippen LogP) is 2.94. The second kappa shape index (κ2) is 6.02. The number of nitrogens with zero attached hydrogens (tertiary/aromatic N) is 2. The van der Waals surface area contributed by atoms with E-state index in [1.54, 1.807) is 34.8 Å². The second-order valence-corrected chi connectivity index (χ2v) is 8.00. The third-order valence-corrected chi connectivity index (χ3v) is 6.24. The van der Waals surface area contributed by atoms with Crippen molar-refractivity contribution >= 4 is 21.6 Å². The maximum atomic E-state index is 12.8. The first-order valence-electron chi connectivity index (χ1n) is 7.24. The van der Waals surface area contributed by atoms with Crippen LogP contribution in [0.25, 0.3) is 0 Å². The van der Waals surface area contributed by atoms with Gasteiger partial charge < -0.3 is 0 Å². The van der Waals surface area contributed by atoms with Gasteiger partial charge in [0.2, 0.25) is 10.0 Å². The molecule has 0 unspecified atom stereocenters. The molecule has 0 saturated carbocycles. The first-order chi connectivity index (χ1) is 10.5. The lowest BCUT2D eigenvalue weighted by molar-refractivity contribution is 0.312. The molecule has 3 rings (SSSR count). The predicted molar refractivity (Wildman–Crippen MR) is 85.5 cm³/mol. The molecule has 1 aromatic carbocycles. The summed E-state index contributed by atoms with van der Waals surface area (Å²) in [6.45, 7) is 3.02. The van der Waals surface area contributed by atoms with Gasteiger partial charge in [-0.1, -0.05) is 11.6 Å². The molecule has 1 aliphatic heterocycles. The number of hydrogen-bond acceptors (Lipinski definition) is 3. The molecule has 118 valence electrons. The van der Waals surface area contributed by atoms with Crippen molar-refractivity contribution < 1.29 is 8.42 Å². The maximum Gasteiger partial charge on any atom is 0.243 e. The van der Waals surface area contributed by atoms with Crippen molar-refractivity contribution in [2.24, 2.45) is 0 Å². The lowest BCUT2D eigenvalue weighted by Gasteiger charge is -2.31. The lowest BCUT2D eigenvalue weighted by Crippen LogP contribution is -2.39. The average Bonchev–Trinajstić information content (AvgIpc) is 2.94. The molecule has 0 radical (unpaired) electrons. The highest BCUT2D eigenvalue weighted by Crippen LogP contribution is 2.30. The van der Waals surface area contributed by atoms with Gasteiger partial charge >= 0.3 is 0 Å². The van der Waals surface area contributed by atoms with Crippen LogP contribution in [0.4, 0.5) is 0 Å². The number of nitrogens with one attached hydrogen (secondary N) is 1. The van der Waals surface area contributed by atoms with E-state index in [2.05, 4.69) is 10.2 Å². The van der Waals surface area contributed by atoms with Crippen LogP contribution in [0, 0.1) is 6.92 Å². The number of aromatic nitrogens is 2. The van der Waals surface area contributed by atoms with E-state index >= 15 is 0 Å². The molecule has 0 bridgehead atoms. The molecule has 1 aliphatic rings. The quantitative estimate of drug-likeness (QED) is 0.935. The molecular formula is C15H18ClN3O2S. The average molecular weight is 340 g/mol. The monoisotopic (exact) mass is 339 g/mol. The molecular weight excluding hydrogens is 322 g/mol. The van der Waals surface area contributed by atoms with Gasteiger partial charge in [-0.3, -0.25) is 5.10 Å². The number of sulfonamides is 1. The molecule has 1 atom stereocenters. The minimum Gasteiger partial charge on any atom is -0.282 e. The van der Waals surface area contributed by atoms with Gasteiger partial charge in [-0.2, -0.15) is 9.40 Å². The Morgan fingerprint density at radius 3 is 2.68 bits per heavy atom. The highest BCUT2D eigenvalue weighted by molar-refractivity contribution is 7.89. The molecule has 1 aromatic heterocycles. The smallest absolute Gasteiger partial charge is 0.243 e. The van der Waals surface area contributed by atoms with Crippen LogP contribution < -0.4 is 0 Å². The maximum absolute atomic E-state index is 12.8. The summed E-state index contributed by atoms with van der Waals surface area (Å²) >= 11 is 5.84. The van der Waals surface area contributed by atoms with Crippen LogP contribution in [0.5, 0.6) is 0 Å². The standard InChI is InChI=1S/C15H18ClN3O2S/c1-11-9-17-18-15(11)12-3-2-8-19(10-12)22(20,21)14-6-4-13(16)5-7-14/h4-7,9,12H,2-3,8,10H2,1H3,(H,17,18)/t12-/m0/s1. The summed E-state index contributed by atoms with van der Waals surface area (Å²) in [5.41, 5.74) is 2.12. The van der Waals surface area contributed by atoms with E-state index in [4.69, 9.17) is 11.6 Å². The molecule has 22 heavy (non-hydrogen) atoms. The van der Waals surface area contributed by atoms with Crippen molar-refractivity contribution in [1.29, 1.82) is 0 Å². The van der Waals surface area contributed by atoms with Gasteiger partial charge in [0.15, 0.2) is 0 Å². The molecule has 1 N–H and O–H groups in total. The molecule has 0 aliphatic carbocycles. The van der Waals surface area contributed by atoms with Gasteiger partial charge in [-0.15, -0.1) is 0 Å². The van der Waals surface area contributed by atoms with Crippen LogP contribution >= 0.6 is 11.6 Å². The van der Waals surface area contributed by atoms with E-state index in [1.807, 2.05) is 6.92 Å². The van der Waals surface area contributed by atoms with Crippen LogP contribution in [0.1, 0.15) is 30.0 Å². The van der Waals surface area contributed by atoms with Crippen LogP contribution in [-0.2, 0) is 10.0 Å². The fourth-order valence-corrected chi connectivity index (χ4v) is 4.57. The number of aromatic amines is 1. The number of H-pyrrole nitrogens is 1. The van der Waals surface area contributed by atoms with Crippen molar-refractivity contribution in [3.05, 3.63) is 46.7 Å². The van der Waals surface area contributed by atoms with E-state index in [0.29, 0.717) is 23.0 Å². The lowest BCUT2D eigenvalue weighted by atomic mass is 9.94. The summed E-state index contributed by atoms with van der Waals surface area (Å²) in [6.07, 6.45) is 3.59. The van der Waals surface area contributed by atoms with Crippen molar-refractivity contribution in [1.82, 2.24) is 14.5 Å². The number of halogens is 1. The van der Waals surface area contributed by atoms with Crippen molar-refractivity contribution in [2.75, 3.05) is 13.1 Å². The van der Waals surface area contributed by atoms with E-state index in [1.165, 1.54) is 0 Å². The molecule has 5 nitrogen and oxygen atoms in total. The van der Waals surface area contributed by atoms with Crippen LogP contribution in [0.3, 0.4) is 0 Å². The summed E-state index contributed by atoms with van der Waals surface area (Å²) in [5, 5.41) is 7.58. The Hall–Kier alpha value is -1.37. The van der Waals surface area contributed by atoms with Crippen molar-refractivity contribution in [3.8, 4) is 0 Å². The third-order valence-electron chi connectivity index (χ3n) is 4.11. The SMILES string of the molecule is Cc1cn[nH]c1[C@H]1CCCN(S(=O)(=O)c2ccc(Cl)cc2)C1. The Morgan fingerprint density at radius 2 is 2.05 bits per heavy atom. The topological polar surface area (TPSA) is 66.1 Å². The highest BCUT2D eigenvalue weighted by atomic mass is 35.5. The van der Waals surface area contributed by atoms with Gasteiger partial charge in [-0.05, 0) is 49.6 Å². The molecule has 1 fully saturated rings. The normalized spacial score (nSPS) is 20.2. The Labute approximate surface area is 135 Å². The molecule has 2 heterocycles. The third kappa shape index (κ3) is 2.91. The number of aryl methyl sites for hydroxylation is 1. The number of piperidine rings is 1. The van der Waals surface area contributed by atoms with E-state index in [-0.39, 0.29) is 5.92 Å². The van der Waals surface area contributed by atoms with Crippen LogP contribution in [-0.4, -0.2) is 36.0 Å². The zero-order chi connectivity index (χ0) is 15.7. The van der Waals surface area contributed by atoms with Gasteiger partial charge in [0.05, 0.1) is 11.1 Å². The molecule has 7 heteroatoms. The summed E-state index contributed by atoms with van der Waals surface area (Å²) in [6, 6.07) is 6.33. The number of benzene rings is 1. The largest absolute Gasteiger partial charge is 0.282 e. The van der Waals surface area contributed by atoms with E-state index in [0.717, 1.165) is 24.1 Å². The van der Waals surface area contributed by atoms with Gasteiger partial charge in [0, 0.05) is 29.7 Å². The Morgan fingerprint density at radius 1 is 1.32 bits per heavy atom. The Balaban J connectivity index is 1.85. The van der Waals surface area contributed by atoms with Crippen LogP contribution in [0.15, 0.2) is 35.4 Å². The van der Waals surface area contributed by atoms with Gasteiger partial charge in [0.25, 0.3) is 0 Å². The number of hydrogen-bond donors (Lipinski definition) is 1. The molecule has 2 aromatic rings. The van der Waals surface area contributed by atoms with Crippen LogP contribution in [0.2, 0.25) is 5.02 Å². The van der Waals surface area contributed by atoms with Gasteiger partial charge in [0.1, 0.15) is 0 Å². The summed E-state index contributed by atoms with van der Waals surface area (Å²) in [5.74, 6) is 0.165. The molecule has 1 saturated heterocycles. The molecule has 0 spiro atoms. The summed E-state index contributed by atoms with van der Waals surface area (Å²) < 4.78 is 27.1. The fraction of sp³-hybridized carbons (Fsp3) is 0.400. The highest BCUT2D eigenvalue weighted by Gasteiger charge is 2.31. The second-order valence-electron chi connectivity index (χ2n) is 5.62. The van der Waals surface area contributed by atoms with E-state index < -0.39 is 10.0 Å². The van der Waals surface area contributed by atoms with Crippen molar-refractivity contribution in [3.63, 3.8) is 0 Å². The minimum atomic E-state index is -3.48. The van der Waals surface area contributed by atoms with Gasteiger partial charge in [-0.25, -0.2) is 8.42 Å². The molecule has 0 amide bonds. The van der Waals surface area contributed by atoms with Crippen molar-refractivity contribution in [2.45, 2.75) is 30.6 Å². The summed E-state index contributed by atoms with van der Waals surface area (Å²) in [4.78, 5) is 0.291. The fourth-order valence-electron chi connectivity index (χ4n) is 2.92. The summed E-state index contributed by atoms with van der Waals surface area (Å²) in [7, 11) is -3.48. The zero-order valence-corrected chi connectivity index (χ0v) is 13.9. The first-order valence-corrected chi connectivity index (χ1v) is 9.06.